The van der Waals surface area contributed by atoms with E-state index >= 15 is 0 Å². The van der Waals surface area contributed by atoms with Crippen LogP contribution < -0.4 is 5.32 Å². The first-order chi connectivity index (χ1) is 13.8. The number of nitrogens with zero attached hydrogens (tertiary/aromatic N) is 1. The van der Waals surface area contributed by atoms with Crippen molar-refractivity contribution in [3.63, 3.8) is 0 Å². The van der Waals surface area contributed by atoms with Crippen LogP contribution in [-0.4, -0.2) is 37.5 Å². The second-order valence-corrected chi connectivity index (χ2v) is 9.97. The molecule has 0 spiro atoms. The van der Waals surface area contributed by atoms with Gasteiger partial charge in [0, 0.05) is 29.2 Å². The molecule has 2 aromatic carbocycles. The number of thioether (sulfide) groups is 1. The maximum atomic E-state index is 12.7. The summed E-state index contributed by atoms with van der Waals surface area (Å²) in [6.07, 6.45) is 1.68. The number of carbonyl (C=O) groups excluding carboxylic acids is 1. The van der Waals surface area contributed by atoms with Crippen LogP contribution in [0.15, 0.2) is 58.3 Å². The molecular weight excluding hydrogens is 418 g/mol. The fraction of sp³-hybridized carbons (Fsp3) is 0.350. The summed E-state index contributed by atoms with van der Waals surface area (Å²) in [5.41, 5.74) is 0.773. The lowest BCUT2D eigenvalue weighted by Crippen LogP contribution is -2.37. The van der Waals surface area contributed by atoms with Crippen LogP contribution in [0, 0.1) is 5.92 Å². The van der Waals surface area contributed by atoms with E-state index in [4.69, 9.17) is 0 Å². The molecule has 1 aliphatic rings. The van der Waals surface area contributed by atoms with Crippen LogP contribution in [0.2, 0.25) is 0 Å². The fourth-order valence-electron chi connectivity index (χ4n) is 3.08. The second kappa shape index (κ2) is 9.23. The van der Waals surface area contributed by atoms with Gasteiger partial charge >= 0.3 is 0 Å². The Kier molecular flexibility index (Phi) is 6.92. The molecule has 0 atom stereocenters. The minimum absolute atomic E-state index is 0.164. The van der Waals surface area contributed by atoms with Crippen molar-refractivity contribution in [2.75, 3.05) is 18.4 Å². The number of piperidine rings is 1. The van der Waals surface area contributed by atoms with Gasteiger partial charge in [0.15, 0.2) is 0 Å². The van der Waals surface area contributed by atoms with Gasteiger partial charge in [-0.1, -0.05) is 18.7 Å². The molecule has 1 fully saturated rings. The Labute approximate surface area is 173 Å². The van der Waals surface area contributed by atoms with E-state index in [1.807, 2.05) is 0 Å². The van der Waals surface area contributed by atoms with Crippen molar-refractivity contribution < 1.29 is 22.0 Å². The van der Waals surface area contributed by atoms with Crippen molar-refractivity contribution in [3.8, 4) is 0 Å². The van der Waals surface area contributed by atoms with Crippen LogP contribution in [-0.2, 0) is 10.0 Å². The van der Waals surface area contributed by atoms with Crippen molar-refractivity contribution in [1.82, 2.24) is 4.31 Å². The summed E-state index contributed by atoms with van der Waals surface area (Å²) in [6, 6.07) is 11.9. The molecule has 0 bridgehead atoms. The van der Waals surface area contributed by atoms with Crippen LogP contribution in [0.25, 0.3) is 0 Å². The van der Waals surface area contributed by atoms with E-state index in [-0.39, 0.29) is 4.90 Å². The van der Waals surface area contributed by atoms with E-state index < -0.39 is 21.7 Å². The van der Waals surface area contributed by atoms with Gasteiger partial charge in [0.2, 0.25) is 10.0 Å². The number of anilines is 1. The predicted octanol–water partition coefficient (Wildman–Crippen LogP) is 4.67. The molecule has 1 amide bonds. The average molecular weight is 441 g/mol. The molecule has 0 saturated carbocycles. The highest BCUT2D eigenvalue weighted by atomic mass is 32.2. The molecule has 0 radical (unpaired) electrons. The molecule has 1 aliphatic heterocycles. The number of amides is 1. The topological polar surface area (TPSA) is 66.5 Å². The number of carbonyl (C=O) groups is 1. The highest BCUT2D eigenvalue weighted by Crippen LogP contribution is 2.27. The SMILES string of the molecule is CC1CCN(S(=O)(=O)c2ccc(C(=O)Nc3ccc(SC(F)F)cc3)cc2)CC1. The van der Waals surface area contributed by atoms with Crippen LogP contribution >= 0.6 is 11.8 Å². The standard InChI is InChI=1S/C20H22F2N2O3S2/c1-14-10-12-24(13-11-14)29(26,27)18-8-2-15(3-9-18)19(25)23-16-4-6-17(7-5-16)28-20(21)22/h2-9,14,20H,10-13H2,1H3,(H,23,25). The normalized spacial score (nSPS) is 16.1. The minimum Gasteiger partial charge on any atom is -0.322 e. The van der Waals surface area contributed by atoms with Crippen molar-refractivity contribution in [3.05, 3.63) is 54.1 Å². The Morgan fingerprint density at radius 2 is 1.66 bits per heavy atom. The van der Waals surface area contributed by atoms with E-state index in [2.05, 4.69) is 12.2 Å². The predicted molar refractivity (Wildman–Crippen MR) is 110 cm³/mol. The summed E-state index contributed by atoms with van der Waals surface area (Å²) in [6.45, 7) is 3.12. The molecule has 156 valence electrons. The Bertz CT molecular complexity index is 941. The quantitative estimate of drug-likeness (QED) is 0.663. The van der Waals surface area contributed by atoms with E-state index in [0.29, 0.717) is 46.9 Å². The molecule has 0 aromatic heterocycles. The van der Waals surface area contributed by atoms with E-state index in [0.717, 1.165) is 12.8 Å². The smallest absolute Gasteiger partial charge is 0.288 e. The zero-order valence-corrected chi connectivity index (χ0v) is 17.5. The highest BCUT2D eigenvalue weighted by molar-refractivity contribution is 7.99. The number of hydrogen-bond donors (Lipinski definition) is 1. The number of hydrogen-bond acceptors (Lipinski definition) is 4. The first-order valence-electron chi connectivity index (χ1n) is 9.22. The number of benzene rings is 2. The van der Waals surface area contributed by atoms with Crippen LogP contribution in [0.3, 0.4) is 0 Å². The van der Waals surface area contributed by atoms with Gasteiger partial charge in [-0.15, -0.1) is 0 Å². The van der Waals surface area contributed by atoms with Crippen molar-refractivity contribution in [1.29, 1.82) is 0 Å². The third kappa shape index (κ3) is 5.55. The fourth-order valence-corrected chi connectivity index (χ4v) is 5.04. The zero-order chi connectivity index (χ0) is 21.0. The van der Waals surface area contributed by atoms with Gasteiger partial charge in [-0.25, -0.2) is 8.42 Å². The summed E-state index contributed by atoms with van der Waals surface area (Å²) in [7, 11) is -3.56. The lowest BCUT2D eigenvalue weighted by Gasteiger charge is -2.29. The number of halogens is 2. The highest BCUT2D eigenvalue weighted by Gasteiger charge is 2.28. The maximum Gasteiger partial charge on any atom is 0.288 e. The minimum atomic E-state index is -3.56. The summed E-state index contributed by atoms with van der Waals surface area (Å²) >= 11 is 0.431. The summed E-state index contributed by atoms with van der Waals surface area (Å²) in [5, 5.41) is 2.67. The molecule has 0 aliphatic carbocycles. The number of sulfonamides is 1. The first kappa shape index (κ1) is 21.7. The van der Waals surface area contributed by atoms with Crippen molar-refractivity contribution in [2.45, 2.75) is 35.3 Å². The van der Waals surface area contributed by atoms with Gasteiger partial charge in [0.05, 0.1) is 4.90 Å². The summed E-state index contributed by atoms with van der Waals surface area (Å²) < 4.78 is 51.7. The number of rotatable bonds is 6. The first-order valence-corrected chi connectivity index (χ1v) is 11.5. The molecule has 2 aromatic rings. The van der Waals surface area contributed by atoms with Gasteiger partial charge < -0.3 is 5.32 Å². The molecule has 1 N–H and O–H groups in total. The monoisotopic (exact) mass is 440 g/mol. The number of nitrogens with one attached hydrogen (secondary N) is 1. The molecule has 3 rings (SSSR count). The van der Waals surface area contributed by atoms with E-state index in [9.17, 15) is 22.0 Å². The van der Waals surface area contributed by atoms with Crippen molar-refractivity contribution in [2.24, 2.45) is 5.92 Å². The average Bonchev–Trinajstić information content (AvgIpc) is 2.69. The van der Waals surface area contributed by atoms with Crippen LogP contribution in [0.5, 0.6) is 0 Å². The lowest BCUT2D eigenvalue weighted by molar-refractivity contribution is 0.102. The molecule has 5 nitrogen and oxygen atoms in total. The molecule has 0 unspecified atom stereocenters. The summed E-state index contributed by atoms with van der Waals surface area (Å²) in [5.74, 6) is -2.39. The Balaban J connectivity index is 1.65. The third-order valence-corrected chi connectivity index (χ3v) is 7.47. The molecule has 29 heavy (non-hydrogen) atoms. The Hall–Kier alpha value is -1.97. The lowest BCUT2D eigenvalue weighted by atomic mass is 10.0. The van der Waals surface area contributed by atoms with Gasteiger partial charge in [-0.05, 0) is 67.3 Å². The van der Waals surface area contributed by atoms with Crippen LogP contribution in [0.4, 0.5) is 14.5 Å². The van der Waals surface area contributed by atoms with E-state index in [1.54, 1.807) is 12.1 Å². The van der Waals surface area contributed by atoms with Crippen molar-refractivity contribution >= 4 is 33.4 Å². The second-order valence-electron chi connectivity index (χ2n) is 6.97. The van der Waals surface area contributed by atoms with Gasteiger partial charge in [-0.3, -0.25) is 4.79 Å². The summed E-state index contributed by atoms with van der Waals surface area (Å²) in [4.78, 5) is 12.9. The maximum absolute atomic E-state index is 12.7. The Morgan fingerprint density at radius 3 is 2.21 bits per heavy atom. The molecule has 1 saturated heterocycles. The third-order valence-electron chi connectivity index (χ3n) is 4.83. The van der Waals surface area contributed by atoms with Crippen LogP contribution in [0.1, 0.15) is 30.1 Å². The Morgan fingerprint density at radius 1 is 1.07 bits per heavy atom. The van der Waals surface area contributed by atoms with Gasteiger partial charge in [0.25, 0.3) is 11.7 Å². The number of alkyl halides is 2. The molecular formula is C20H22F2N2O3S2. The van der Waals surface area contributed by atoms with E-state index in [1.165, 1.54) is 40.7 Å². The zero-order valence-electron chi connectivity index (χ0n) is 15.8. The van der Waals surface area contributed by atoms with Gasteiger partial charge in [-0.2, -0.15) is 13.1 Å². The molecule has 1 heterocycles. The largest absolute Gasteiger partial charge is 0.322 e. The van der Waals surface area contributed by atoms with Gasteiger partial charge in [0.1, 0.15) is 0 Å². The molecule has 9 heteroatoms.